The summed E-state index contributed by atoms with van der Waals surface area (Å²) in [4.78, 5) is 28.7. The fourth-order valence-corrected chi connectivity index (χ4v) is 2.02. The Morgan fingerprint density at radius 2 is 2.10 bits per heavy atom. The van der Waals surface area contributed by atoms with Gasteiger partial charge in [-0.2, -0.15) is 15.0 Å². The first-order chi connectivity index (χ1) is 10.1. The van der Waals surface area contributed by atoms with Gasteiger partial charge in [0.15, 0.2) is 0 Å². The minimum absolute atomic E-state index is 0.118. The largest absolute Gasteiger partial charge is 0.377 e. The third-order valence-electron chi connectivity index (χ3n) is 3.17. The number of amides is 1. The van der Waals surface area contributed by atoms with E-state index in [1.54, 1.807) is 19.0 Å². The fourth-order valence-electron chi connectivity index (χ4n) is 2.02. The number of aromatic nitrogens is 3. The maximum atomic E-state index is 12.0. The molecule has 21 heavy (non-hydrogen) atoms. The van der Waals surface area contributed by atoms with Crippen LogP contribution in [0.5, 0.6) is 0 Å². The predicted molar refractivity (Wildman–Crippen MR) is 79.7 cm³/mol. The van der Waals surface area contributed by atoms with Crippen molar-refractivity contribution in [2.45, 2.75) is 6.04 Å². The van der Waals surface area contributed by atoms with Gasteiger partial charge in [0.1, 0.15) is 6.04 Å². The van der Waals surface area contributed by atoms with Gasteiger partial charge in [0.2, 0.25) is 23.8 Å². The van der Waals surface area contributed by atoms with E-state index >= 15 is 0 Å². The van der Waals surface area contributed by atoms with Crippen molar-refractivity contribution in [2.24, 2.45) is 0 Å². The number of hydrogen-bond acceptors (Lipinski definition) is 8. The summed E-state index contributed by atoms with van der Waals surface area (Å²) in [6, 6.07) is -0.439. The number of carbonyl (C=O) groups is 1. The molecule has 1 unspecified atom stereocenters. The summed E-state index contributed by atoms with van der Waals surface area (Å²) < 4.78 is 5.39. The number of morpholine rings is 1. The van der Waals surface area contributed by atoms with Crippen LogP contribution in [-0.2, 0) is 9.53 Å². The summed E-state index contributed by atoms with van der Waals surface area (Å²) in [7, 11) is 7.06. The molecule has 116 valence electrons. The maximum Gasteiger partial charge on any atom is 0.244 e. The van der Waals surface area contributed by atoms with Crippen molar-refractivity contribution in [2.75, 3.05) is 63.1 Å². The Kier molecular flexibility index (Phi) is 4.73. The summed E-state index contributed by atoms with van der Waals surface area (Å²) in [5, 5.41) is 5.55. The molecule has 1 amide bonds. The van der Waals surface area contributed by atoms with Gasteiger partial charge in [0.25, 0.3) is 0 Å². The summed E-state index contributed by atoms with van der Waals surface area (Å²) in [6.07, 6.45) is 0. The molecule has 0 aliphatic carbocycles. The van der Waals surface area contributed by atoms with E-state index in [9.17, 15) is 4.79 Å². The number of nitrogens with zero attached hydrogens (tertiary/aromatic N) is 5. The van der Waals surface area contributed by atoms with Crippen LogP contribution in [0, 0.1) is 0 Å². The van der Waals surface area contributed by atoms with E-state index < -0.39 is 6.04 Å². The van der Waals surface area contributed by atoms with Crippen LogP contribution in [0.4, 0.5) is 17.8 Å². The molecular formula is C12H21N7O2. The van der Waals surface area contributed by atoms with Crippen LogP contribution in [0.2, 0.25) is 0 Å². The quantitative estimate of drug-likeness (QED) is 0.725. The molecule has 1 atom stereocenters. The van der Waals surface area contributed by atoms with Crippen molar-refractivity contribution in [3.05, 3.63) is 0 Å². The van der Waals surface area contributed by atoms with E-state index in [0.29, 0.717) is 37.6 Å². The van der Waals surface area contributed by atoms with Crippen molar-refractivity contribution < 1.29 is 9.53 Å². The monoisotopic (exact) mass is 295 g/mol. The second kappa shape index (κ2) is 6.53. The first kappa shape index (κ1) is 15.2. The van der Waals surface area contributed by atoms with Gasteiger partial charge < -0.3 is 25.2 Å². The van der Waals surface area contributed by atoms with Gasteiger partial charge >= 0.3 is 0 Å². The van der Waals surface area contributed by atoms with Gasteiger partial charge in [-0.3, -0.25) is 4.79 Å². The fraction of sp³-hybridized carbons (Fsp3) is 0.667. The molecule has 1 saturated heterocycles. The molecule has 9 nitrogen and oxygen atoms in total. The van der Waals surface area contributed by atoms with E-state index in [4.69, 9.17) is 4.74 Å². The molecule has 0 bridgehead atoms. The lowest BCUT2D eigenvalue weighted by atomic mass is 10.2. The number of nitrogens with one attached hydrogen (secondary N) is 2. The lowest BCUT2D eigenvalue weighted by molar-refractivity contribution is -0.124. The molecule has 2 rings (SSSR count). The molecule has 1 aromatic rings. The van der Waals surface area contributed by atoms with E-state index in [-0.39, 0.29) is 5.91 Å². The molecule has 2 N–H and O–H groups in total. The van der Waals surface area contributed by atoms with E-state index in [2.05, 4.69) is 25.6 Å². The Labute approximate surface area is 123 Å². The standard InChI is InChI=1S/C12H21N7O2/c1-13-9(20)8-7-21-6-5-19(8)12-16-10(14-2)15-11(17-12)18(3)4/h8H,5-7H2,1-4H3,(H,13,20)(H,14,15,16,17). The second-order valence-electron chi connectivity index (χ2n) is 4.80. The highest BCUT2D eigenvalue weighted by molar-refractivity contribution is 5.84. The van der Waals surface area contributed by atoms with Crippen LogP contribution in [0.1, 0.15) is 0 Å². The molecule has 0 spiro atoms. The van der Waals surface area contributed by atoms with Crippen LogP contribution in [-0.4, -0.2) is 74.9 Å². The highest BCUT2D eigenvalue weighted by atomic mass is 16.5. The number of carbonyl (C=O) groups excluding carboxylic acids is 1. The average Bonchev–Trinajstić information content (AvgIpc) is 2.53. The van der Waals surface area contributed by atoms with Crippen molar-refractivity contribution in [1.82, 2.24) is 20.3 Å². The molecule has 9 heteroatoms. The highest BCUT2D eigenvalue weighted by Gasteiger charge is 2.31. The lowest BCUT2D eigenvalue weighted by Gasteiger charge is -2.34. The molecule has 1 aliphatic rings. The third kappa shape index (κ3) is 3.30. The summed E-state index contributed by atoms with van der Waals surface area (Å²) in [5.74, 6) is 1.35. The van der Waals surface area contributed by atoms with Crippen molar-refractivity contribution in [1.29, 1.82) is 0 Å². The second-order valence-corrected chi connectivity index (χ2v) is 4.80. The molecule has 1 aliphatic heterocycles. The minimum atomic E-state index is -0.439. The Bertz CT molecular complexity index is 508. The Hall–Kier alpha value is -2.16. The normalized spacial score (nSPS) is 18.3. The molecule has 1 aromatic heterocycles. The maximum absolute atomic E-state index is 12.0. The molecule has 2 heterocycles. The van der Waals surface area contributed by atoms with Gasteiger partial charge in [0.05, 0.1) is 13.2 Å². The average molecular weight is 295 g/mol. The molecule has 0 radical (unpaired) electrons. The summed E-state index contributed by atoms with van der Waals surface area (Å²) >= 11 is 0. The molecule has 0 saturated carbocycles. The number of hydrogen-bond donors (Lipinski definition) is 2. The van der Waals surface area contributed by atoms with Crippen LogP contribution >= 0.6 is 0 Å². The van der Waals surface area contributed by atoms with Crippen LogP contribution in [0.25, 0.3) is 0 Å². The Balaban J connectivity index is 2.37. The summed E-state index contributed by atoms with van der Waals surface area (Å²) in [5.41, 5.74) is 0. The Morgan fingerprint density at radius 3 is 2.71 bits per heavy atom. The van der Waals surface area contributed by atoms with Gasteiger partial charge in [-0.15, -0.1) is 0 Å². The van der Waals surface area contributed by atoms with Gasteiger partial charge in [-0.1, -0.05) is 0 Å². The van der Waals surface area contributed by atoms with Gasteiger partial charge in [-0.05, 0) is 0 Å². The summed E-state index contributed by atoms with van der Waals surface area (Å²) in [6.45, 7) is 1.40. The van der Waals surface area contributed by atoms with E-state index in [1.807, 2.05) is 19.0 Å². The number of anilines is 3. The van der Waals surface area contributed by atoms with E-state index in [1.165, 1.54) is 0 Å². The minimum Gasteiger partial charge on any atom is -0.377 e. The first-order valence-electron chi connectivity index (χ1n) is 6.74. The van der Waals surface area contributed by atoms with Crippen LogP contribution in [0.15, 0.2) is 0 Å². The molecular weight excluding hydrogens is 274 g/mol. The van der Waals surface area contributed by atoms with Crippen LogP contribution in [0.3, 0.4) is 0 Å². The zero-order valence-electron chi connectivity index (χ0n) is 12.8. The highest BCUT2D eigenvalue weighted by Crippen LogP contribution is 2.19. The van der Waals surface area contributed by atoms with Gasteiger partial charge in [0, 0.05) is 34.7 Å². The predicted octanol–water partition coefficient (Wildman–Crippen LogP) is -1.07. The first-order valence-corrected chi connectivity index (χ1v) is 6.74. The topological polar surface area (TPSA) is 95.5 Å². The zero-order chi connectivity index (χ0) is 15.4. The number of likely N-dealkylation sites (N-methyl/N-ethyl adjacent to an activating group) is 1. The van der Waals surface area contributed by atoms with Crippen LogP contribution < -0.4 is 20.4 Å². The SMILES string of the molecule is CNC(=O)C1COCCN1c1nc(NC)nc(N(C)C)n1. The lowest BCUT2D eigenvalue weighted by Crippen LogP contribution is -2.54. The molecule has 1 fully saturated rings. The number of ether oxygens (including phenoxy) is 1. The number of rotatable bonds is 4. The van der Waals surface area contributed by atoms with E-state index in [0.717, 1.165) is 0 Å². The van der Waals surface area contributed by atoms with Crippen molar-refractivity contribution in [3.8, 4) is 0 Å². The van der Waals surface area contributed by atoms with Crippen molar-refractivity contribution in [3.63, 3.8) is 0 Å². The smallest absolute Gasteiger partial charge is 0.244 e. The third-order valence-corrected chi connectivity index (χ3v) is 3.17. The van der Waals surface area contributed by atoms with Crippen molar-refractivity contribution >= 4 is 23.8 Å². The Morgan fingerprint density at radius 1 is 1.33 bits per heavy atom. The van der Waals surface area contributed by atoms with Gasteiger partial charge in [-0.25, -0.2) is 0 Å². The molecule has 0 aromatic carbocycles. The zero-order valence-corrected chi connectivity index (χ0v) is 12.8.